The molecular weight excluding hydrogens is 348 g/mol. The van der Waals surface area contributed by atoms with Gasteiger partial charge in [0.1, 0.15) is 11.4 Å². The number of ether oxygens (including phenoxy) is 1. The van der Waals surface area contributed by atoms with Crippen LogP contribution in [0.25, 0.3) is 0 Å². The minimum Gasteiger partial charge on any atom is -0.508 e. The SMILES string of the molecule is CC(C)N(C[C@H](Cc1ccc(O)cc1)NC(=O)OC(C)(C)C)C(C)C.S. The van der Waals surface area contributed by atoms with Crippen molar-refractivity contribution in [3.8, 4) is 5.75 Å². The Kier molecular flexibility index (Phi) is 10.1. The van der Waals surface area contributed by atoms with Crippen LogP contribution >= 0.6 is 13.5 Å². The van der Waals surface area contributed by atoms with Crippen molar-refractivity contribution in [3.63, 3.8) is 0 Å². The highest BCUT2D eigenvalue weighted by molar-refractivity contribution is 7.59. The molecule has 26 heavy (non-hydrogen) atoms. The van der Waals surface area contributed by atoms with Gasteiger partial charge in [0.05, 0.1) is 0 Å². The molecule has 0 fully saturated rings. The Balaban J connectivity index is 0.00000625. The zero-order chi connectivity index (χ0) is 19.2. The average Bonchev–Trinajstić information content (AvgIpc) is 2.44. The van der Waals surface area contributed by atoms with E-state index in [9.17, 15) is 9.90 Å². The van der Waals surface area contributed by atoms with Crippen LogP contribution in [-0.2, 0) is 11.2 Å². The standard InChI is InChI=1S/C20H34N2O3.H2S/c1-14(2)22(15(3)4)13-17(21-19(24)25-20(5,6)7)12-16-8-10-18(23)11-9-16;/h8-11,14-15,17,23H,12-13H2,1-7H3,(H,21,24);1H2/t17-;/m0./s1. The molecule has 1 atom stereocenters. The van der Waals surface area contributed by atoms with E-state index in [1.54, 1.807) is 12.1 Å². The molecule has 0 unspecified atom stereocenters. The Morgan fingerprint density at radius 2 is 1.62 bits per heavy atom. The number of carbonyl (C=O) groups is 1. The molecule has 0 heterocycles. The van der Waals surface area contributed by atoms with Crippen LogP contribution in [0.2, 0.25) is 0 Å². The van der Waals surface area contributed by atoms with Crippen LogP contribution in [-0.4, -0.2) is 46.4 Å². The molecule has 0 aliphatic carbocycles. The summed E-state index contributed by atoms with van der Waals surface area (Å²) in [5.41, 5.74) is 0.537. The number of nitrogens with zero attached hydrogens (tertiary/aromatic N) is 1. The van der Waals surface area contributed by atoms with Crippen LogP contribution in [0.15, 0.2) is 24.3 Å². The third kappa shape index (κ3) is 9.34. The Hall–Kier alpha value is -1.40. The molecule has 0 spiro atoms. The summed E-state index contributed by atoms with van der Waals surface area (Å²) in [5.74, 6) is 0.242. The van der Waals surface area contributed by atoms with Gasteiger partial charge in [-0.2, -0.15) is 13.5 Å². The summed E-state index contributed by atoms with van der Waals surface area (Å²) in [5, 5.41) is 12.5. The predicted octanol–water partition coefficient (Wildman–Crippen LogP) is 4.06. The number of hydrogen-bond donors (Lipinski definition) is 2. The van der Waals surface area contributed by atoms with Gasteiger partial charge in [-0.1, -0.05) is 12.1 Å². The molecule has 0 aliphatic rings. The Bertz CT molecular complexity index is 531. The first-order chi connectivity index (χ1) is 11.5. The lowest BCUT2D eigenvalue weighted by Crippen LogP contribution is -2.50. The zero-order valence-corrected chi connectivity index (χ0v) is 18.2. The van der Waals surface area contributed by atoms with E-state index in [1.165, 1.54) is 0 Å². The highest BCUT2D eigenvalue weighted by Gasteiger charge is 2.23. The van der Waals surface area contributed by atoms with Crippen LogP contribution in [0.5, 0.6) is 5.75 Å². The third-order valence-corrected chi connectivity index (χ3v) is 3.90. The largest absolute Gasteiger partial charge is 0.508 e. The highest BCUT2D eigenvalue weighted by Crippen LogP contribution is 2.14. The molecule has 1 aromatic rings. The van der Waals surface area contributed by atoms with Gasteiger partial charge < -0.3 is 15.2 Å². The predicted molar refractivity (Wildman–Crippen MR) is 112 cm³/mol. The number of phenols is 1. The van der Waals surface area contributed by atoms with Gasteiger partial charge in [0.2, 0.25) is 0 Å². The summed E-state index contributed by atoms with van der Waals surface area (Å²) in [6, 6.07) is 7.78. The second kappa shape index (κ2) is 10.7. The van der Waals surface area contributed by atoms with Crippen LogP contribution in [0, 0.1) is 0 Å². The lowest BCUT2D eigenvalue weighted by atomic mass is 10.0. The number of carbonyl (C=O) groups excluding carboxylic acids is 1. The minimum atomic E-state index is -0.525. The first-order valence-corrected chi connectivity index (χ1v) is 9.01. The van der Waals surface area contributed by atoms with Gasteiger partial charge >= 0.3 is 6.09 Å². The second-order valence-electron chi connectivity index (χ2n) is 8.10. The number of aromatic hydroxyl groups is 1. The third-order valence-electron chi connectivity index (χ3n) is 3.90. The summed E-state index contributed by atoms with van der Waals surface area (Å²) in [6.07, 6.45) is 0.277. The fourth-order valence-electron chi connectivity index (χ4n) is 2.82. The Morgan fingerprint density at radius 1 is 1.12 bits per heavy atom. The van der Waals surface area contributed by atoms with Crippen molar-refractivity contribution >= 4 is 19.6 Å². The van der Waals surface area contributed by atoms with Crippen molar-refractivity contribution in [2.24, 2.45) is 0 Å². The fourth-order valence-corrected chi connectivity index (χ4v) is 2.82. The van der Waals surface area contributed by atoms with Crippen LogP contribution in [0.1, 0.15) is 54.0 Å². The minimum absolute atomic E-state index is 0. The molecule has 1 rings (SSSR count). The van der Waals surface area contributed by atoms with Crippen molar-refractivity contribution in [2.45, 2.75) is 78.6 Å². The lowest BCUT2D eigenvalue weighted by Gasteiger charge is -2.34. The number of amides is 1. The van der Waals surface area contributed by atoms with E-state index >= 15 is 0 Å². The van der Waals surface area contributed by atoms with Gasteiger partial charge in [0.25, 0.3) is 0 Å². The van der Waals surface area contributed by atoms with Gasteiger partial charge in [-0.05, 0) is 72.6 Å². The molecule has 150 valence electrons. The van der Waals surface area contributed by atoms with Crippen molar-refractivity contribution in [3.05, 3.63) is 29.8 Å². The zero-order valence-electron chi connectivity index (χ0n) is 17.2. The smallest absolute Gasteiger partial charge is 0.407 e. The number of benzene rings is 1. The van der Waals surface area contributed by atoms with Crippen molar-refractivity contribution in [1.29, 1.82) is 0 Å². The van der Waals surface area contributed by atoms with Gasteiger partial charge in [0, 0.05) is 24.7 Å². The van der Waals surface area contributed by atoms with Crippen molar-refractivity contribution < 1.29 is 14.6 Å². The Morgan fingerprint density at radius 3 is 2.04 bits per heavy atom. The number of nitrogens with one attached hydrogen (secondary N) is 1. The molecule has 1 amide bonds. The molecule has 1 aromatic carbocycles. The molecule has 0 aliphatic heterocycles. The molecule has 0 saturated carbocycles. The maximum absolute atomic E-state index is 12.2. The summed E-state index contributed by atoms with van der Waals surface area (Å²) in [6.45, 7) is 14.9. The van der Waals surface area contributed by atoms with E-state index in [0.29, 0.717) is 18.5 Å². The van der Waals surface area contributed by atoms with Gasteiger partial charge in [-0.25, -0.2) is 4.79 Å². The molecule has 5 nitrogen and oxygen atoms in total. The normalized spacial score (nSPS) is 12.8. The van der Waals surface area contributed by atoms with Crippen molar-refractivity contribution in [2.75, 3.05) is 6.54 Å². The molecule has 0 saturated heterocycles. The van der Waals surface area contributed by atoms with Crippen LogP contribution < -0.4 is 5.32 Å². The van der Waals surface area contributed by atoms with E-state index in [4.69, 9.17) is 4.74 Å². The summed E-state index contributed by atoms with van der Waals surface area (Å²) in [7, 11) is 0. The Labute approximate surface area is 165 Å². The molecule has 0 bridgehead atoms. The molecule has 6 heteroatoms. The number of phenolic OH excluding ortho intramolecular Hbond substituents is 1. The molecular formula is C20H36N2O3S. The summed E-state index contributed by atoms with van der Waals surface area (Å²) in [4.78, 5) is 14.6. The van der Waals surface area contributed by atoms with E-state index in [-0.39, 0.29) is 25.3 Å². The maximum Gasteiger partial charge on any atom is 0.407 e. The van der Waals surface area contributed by atoms with Crippen LogP contribution in [0.4, 0.5) is 4.79 Å². The average molecular weight is 385 g/mol. The van der Waals surface area contributed by atoms with Gasteiger partial charge in [-0.3, -0.25) is 4.90 Å². The van der Waals surface area contributed by atoms with E-state index in [2.05, 4.69) is 37.9 Å². The molecule has 0 aromatic heterocycles. The number of alkyl carbamates (subject to hydrolysis) is 1. The maximum atomic E-state index is 12.2. The highest BCUT2D eigenvalue weighted by atomic mass is 32.1. The quantitative estimate of drug-likeness (QED) is 0.744. The summed E-state index contributed by atoms with van der Waals surface area (Å²) < 4.78 is 5.42. The number of rotatable bonds is 7. The number of hydrogen-bond acceptors (Lipinski definition) is 4. The summed E-state index contributed by atoms with van der Waals surface area (Å²) >= 11 is 0. The molecule has 2 N–H and O–H groups in total. The van der Waals surface area contributed by atoms with Gasteiger partial charge in [-0.15, -0.1) is 0 Å². The first-order valence-electron chi connectivity index (χ1n) is 9.01. The first kappa shape index (κ1) is 24.6. The van der Waals surface area contributed by atoms with E-state index < -0.39 is 11.7 Å². The van der Waals surface area contributed by atoms with E-state index in [0.717, 1.165) is 12.1 Å². The van der Waals surface area contributed by atoms with E-state index in [1.807, 2.05) is 32.9 Å². The van der Waals surface area contributed by atoms with Crippen LogP contribution in [0.3, 0.4) is 0 Å². The lowest BCUT2D eigenvalue weighted by molar-refractivity contribution is 0.0477. The fraction of sp³-hybridized carbons (Fsp3) is 0.650. The van der Waals surface area contributed by atoms with Crippen molar-refractivity contribution in [1.82, 2.24) is 10.2 Å². The topological polar surface area (TPSA) is 61.8 Å². The molecule has 0 radical (unpaired) electrons. The monoisotopic (exact) mass is 384 g/mol. The second-order valence-corrected chi connectivity index (χ2v) is 8.10. The van der Waals surface area contributed by atoms with Gasteiger partial charge in [0.15, 0.2) is 0 Å².